The van der Waals surface area contributed by atoms with E-state index < -0.39 is 10.8 Å². The average molecular weight is 323 g/mol. The van der Waals surface area contributed by atoms with E-state index in [1.165, 1.54) is 35.4 Å². The van der Waals surface area contributed by atoms with Gasteiger partial charge in [-0.15, -0.1) is 0 Å². The fourth-order valence-electron chi connectivity index (χ4n) is 2.24. The zero-order valence-electron chi connectivity index (χ0n) is 12.5. The highest BCUT2D eigenvalue weighted by atomic mass is 16.6. The molecule has 0 aliphatic heterocycles. The van der Waals surface area contributed by atoms with Crippen molar-refractivity contribution < 1.29 is 14.1 Å². The second-order valence-electron chi connectivity index (χ2n) is 4.97. The number of aromatic nitrogens is 1. The summed E-state index contributed by atoms with van der Waals surface area (Å²) >= 11 is 0. The van der Waals surface area contributed by atoms with Gasteiger partial charge in [-0.1, -0.05) is 12.1 Å². The maximum Gasteiger partial charge on any atom is 0.270 e. The Kier molecular flexibility index (Phi) is 4.33. The summed E-state index contributed by atoms with van der Waals surface area (Å²) < 4.78 is 5.30. The van der Waals surface area contributed by atoms with Crippen molar-refractivity contribution >= 4 is 17.4 Å². The SMILES string of the molecule is O=C(c1cccc([N+](=O)[O-])c1)N(Cc1ccco1)c1ccccn1. The van der Waals surface area contributed by atoms with Crippen molar-refractivity contribution in [2.75, 3.05) is 4.90 Å². The van der Waals surface area contributed by atoms with Crippen molar-refractivity contribution in [3.05, 3.63) is 88.5 Å². The number of carbonyl (C=O) groups is 1. The number of benzene rings is 1. The third-order valence-corrected chi connectivity index (χ3v) is 3.37. The Morgan fingerprint density at radius 3 is 2.71 bits per heavy atom. The average Bonchev–Trinajstić information content (AvgIpc) is 3.13. The lowest BCUT2D eigenvalue weighted by atomic mass is 10.1. The monoisotopic (exact) mass is 323 g/mol. The molecular formula is C17H13N3O4. The van der Waals surface area contributed by atoms with Gasteiger partial charge in [0, 0.05) is 23.9 Å². The van der Waals surface area contributed by atoms with Gasteiger partial charge >= 0.3 is 0 Å². The molecule has 0 saturated heterocycles. The Labute approximate surface area is 137 Å². The topological polar surface area (TPSA) is 89.5 Å². The zero-order valence-corrected chi connectivity index (χ0v) is 12.5. The van der Waals surface area contributed by atoms with E-state index in [2.05, 4.69) is 4.98 Å². The van der Waals surface area contributed by atoms with Gasteiger partial charge < -0.3 is 4.42 Å². The molecule has 0 unspecified atom stereocenters. The minimum atomic E-state index is -0.533. The van der Waals surface area contributed by atoms with Crippen LogP contribution in [0.2, 0.25) is 0 Å². The van der Waals surface area contributed by atoms with Gasteiger partial charge in [-0.05, 0) is 30.3 Å². The summed E-state index contributed by atoms with van der Waals surface area (Å²) in [6.45, 7) is 0.172. The molecule has 0 aliphatic rings. The lowest BCUT2D eigenvalue weighted by Crippen LogP contribution is -2.31. The molecule has 0 N–H and O–H groups in total. The van der Waals surface area contributed by atoms with Gasteiger partial charge in [0.05, 0.1) is 17.7 Å². The second-order valence-corrected chi connectivity index (χ2v) is 4.97. The Balaban J connectivity index is 1.97. The molecule has 0 spiro atoms. The highest BCUT2D eigenvalue weighted by Crippen LogP contribution is 2.20. The highest BCUT2D eigenvalue weighted by Gasteiger charge is 2.21. The number of pyridine rings is 1. The smallest absolute Gasteiger partial charge is 0.270 e. The standard InChI is InChI=1S/C17H13N3O4/c21-17(13-5-3-6-14(11-13)20(22)23)19(12-15-7-4-10-24-15)16-8-1-2-9-18-16/h1-11H,12H2. The number of hydrogen-bond acceptors (Lipinski definition) is 5. The van der Waals surface area contributed by atoms with Crippen molar-refractivity contribution in [2.24, 2.45) is 0 Å². The third kappa shape index (κ3) is 3.30. The quantitative estimate of drug-likeness (QED) is 0.530. The molecule has 0 aliphatic carbocycles. The van der Waals surface area contributed by atoms with Gasteiger partial charge in [-0.3, -0.25) is 19.8 Å². The molecular weight excluding hydrogens is 310 g/mol. The molecule has 1 amide bonds. The molecule has 0 saturated carbocycles. The van der Waals surface area contributed by atoms with Crippen LogP contribution in [0.15, 0.2) is 71.5 Å². The van der Waals surface area contributed by atoms with Gasteiger partial charge in [0.1, 0.15) is 11.6 Å². The molecule has 0 atom stereocenters. The summed E-state index contributed by atoms with van der Waals surface area (Å²) in [4.78, 5) is 28.9. The number of hydrogen-bond donors (Lipinski definition) is 0. The van der Waals surface area contributed by atoms with Crippen molar-refractivity contribution in [3.63, 3.8) is 0 Å². The molecule has 0 bridgehead atoms. The number of amides is 1. The molecule has 1 aromatic carbocycles. The Hall–Kier alpha value is -3.48. The maximum atomic E-state index is 12.9. The van der Waals surface area contributed by atoms with Crippen molar-refractivity contribution in [2.45, 2.75) is 6.54 Å². The first-order valence-corrected chi connectivity index (χ1v) is 7.15. The predicted molar refractivity (Wildman–Crippen MR) is 86.6 cm³/mol. The van der Waals surface area contributed by atoms with E-state index in [0.717, 1.165) is 0 Å². The summed E-state index contributed by atoms with van der Waals surface area (Å²) in [6.07, 6.45) is 3.09. The number of nitrogens with zero attached hydrogens (tertiary/aromatic N) is 3. The summed E-state index contributed by atoms with van der Waals surface area (Å²) in [6, 6.07) is 14.3. The Bertz CT molecular complexity index is 847. The van der Waals surface area contributed by atoms with Crippen LogP contribution >= 0.6 is 0 Å². The van der Waals surface area contributed by atoms with E-state index in [4.69, 9.17) is 4.42 Å². The van der Waals surface area contributed by atoms with E-state index in [9.17, 15) is 14.9 Å². The third-order valence-electron chi connectivity index (χ3n) is 3.37. The summed E-state index contributed by atoms with van der Waals surface area (Å²) in [7, 11) is 0. The van der Waals surface area contributed by atoms with Crippen LogP contribution in [-0.2, 0) is 6.54 Å². The number of nitro groups is 1. The molecule has 3 aromatic rings. The molecule has 120 valence electrons. The minimum Gasteiger partial charge on any atom is -0.467 e. The lowest BCUT2D eigenvalue weighted by Gasteiger charge is -2.20. The Morgan fingerprint density at radius 1 is 1.17 bits per heavy atom. The number of nitro benzene ring substituents is 1. The van der Waals surface area contributed by atoms with Crippen molar-refractivity contribution in [1.82, 2.24) is 4.98 Å². The zero-order chi connectivity index (χ0) is 16.9. The summed E-state index contributed by atoms with van der Waals surface area (Å²) in [5, 5.41) is 10.9. The van der Waals surface area contributed by atoms with Crippen molar-refractivity contribution in [3.8, 4) is 0 Å². The van der Waals surface area contributed by atoms with Crippen LogP contribution in [0.4, 0.5) is 11.5 Å². The number of carbonyl (C=O) groups excluding carboxylic acids is 1. The molecule has 2 aromatic heterocycles. The Morgan fingerprint density at radius 2 is 2.04 bits per heavy atom. The van der Waals surface area contributed by atoms with Crippen molar-refractivity contribution in [1.29, 1.82) is 0 Å². The fourth-order valence-corrected chi connectivity index (χ4v) is 2.24. The largest absolute Gasteiger partial charge is 0.467 e. The number of anilines is 1. The van der Waals surface area contributed by atoms with Crippen LogP contribution in [0.3, 0.4) is 0 Å². The number of furan rings is 1. The van der Waals surface area contributed by atoms with Crippen LogP contribution in [-0.4, -0.2) is 15.8 Å². The van der Waals surface area contributed by atoms with E-state index in [-0.39, 0.29) is 17.8 Å². The maximum absolute atomic E-state index is 12.9. The van der Waals surface area contributed by atoms with Gasteiger partial charge in [-0.25, -0.2) is 4.98 Å². The fraction of sp³-hybridized carbons (Fsp3) is 0.0588. The molecule has 3 rings (SSSR count). The first-order valence-electron chi connectivity index (χ1n) is 7.15. The van der Waals surface area contributed by atoms with E-state index in [1.54, 1.807) is 36.5 Å². The normalized spacial score (nSPS) is 10.3. The first-order chi connectivity index (χ1) is 11.6. The second kappa shape index (κ2) is 6.74. The van der Waals surface area contributed by atoms with Crippen LogP contribution in [0.5, 0.6) is 0 Å². The molecule has 7 nitrogen and oxygen atoms in total. The molecule has 0 radical (unpaired) electrons. The van der Waals surface area contributed by atoms with E-state index >= 15 is 0 Å². The van der Waals surface area contributed by atoms with Crippen LogP contribution in [0.1, 0.15) is 16.1 Å². The van der Waals surface area contributed by atoms with E-state index in [0.29, 0.717) is 11.6 Å². The first kappa shape index (κ1) is 15.4. The van der Waals surface area contributed by atoms with Gasteiger partial charge in [0.25, 0.3) is 11.6 Å². The molecule has 2 heterocycles. The number of rotatable bonds is 5. The van der Waals surface area contributed by atoms with Gasteiger partial charge in [-0.2, -0.15) is 0 Å². The lowest BCUT2D eigenvalue weighted by molar-refractivity contribution is -0.384. The van der Waals surface area contributed by atoms with Crippen LogP contribution in [0.25, 0.3) is 0 Å². The summed E-state index contributed by atoms with van der Waals surface area (Å²) in [5.74, 6) is 0.624. The predicted octanol–water partition coefficient (Wildman–Crippen LogP) is 3.43. The van der Waals surface area contributed by atoms with Gasteiger partial charge in [0.2, 0.25) is 0 Å². The number of non-ortho nitro benzene ring substituents is 1. The van der Waals surface area contributed by atoms with Gasteiger partial charge in [0.15, 0.2) is 0 Å². The highest BCUT2D eigenvalue weighted by molar-refractivity contribution is 6.05. The minimum absolute atomic E-state index is 0.139. The summed E-state index contributed by atoms with van der Waals surface area (Å²) in [5.41, 5.74) is 0.0706. The molecule has 7 heteroatoms. The van der Waals surface area contributed by atoms with Crippen LogP contribution in [0, 0.1) is 10.1 Å². The molecule has 0 fully saturated rings. The van der Waals surface area contributed by atoms with Crippen LogP contribution < -0.4 is 4.90 Å². The molecule has 24 heavy (non-hydrogen) atoms. The van der Waals surface area contributed by atoms with E-state index in [1.807, 2.05) is 0 Å².